The third-order valence-corrected chi connectivity index (χ3v) is 6.40. The minimum absolute atomic E-state index is 0.0635. The summed E-state index contributed by atoms with van der Waals surface area (Å²) in [7, 11) is -2.12. The Kier molecular flexibility index (Phi) is 6.19. The molecule has 1 N–H and O–H groups in total. The van der Waals surface area contributed by atoms with Gasteiger partial charge in [0.15, 0.2) is 0 Å². The van der Waals surface area contributed by atoms with E-state index in [1.54, 1.807) is 24.3 Å². The van der Waals surface area contributed by atoms with Gasteiger partial charge in [0.2, 0.25) is 10.0 Å². The van der Waals surface area contributed by atoms with Crippen molar-refractivity contribution in [2.45, 2.75) is 30.3 Å². The highest BCUT2D eigenvalue weighted by molar-refractivity contribution is 7.89. The molecule has 1 aliphatic heterocycles. The molecule has 3 rings (SSSR count). The Morgan fingerprint density at radius 3 is 2.42 bits per heavy atom. The second kappa shape index (κ2) is 8.39. The number of para-hydroxylation sites is 1. The largest absolute Gasteiger partial charge is 0.495 e. The van der Waals surface area contributed by atoms with Crippen molar-refractivity contribution in [3.63, 3.8) is 0 Å². The van der Waals surface area contributed by atoms with Gasteiger partial charge in [-0.2, -0.15) is 0 Å². The number of likely N-dealkylation sites (tertiary alicyclic amines) is 1. The molecule has 1 aliphatic rings. The fraction of sp³-hybridized carbons (Fsp3) is 0.368. The van der Waals surface area contributed by atoms with Crippen LogP contribution in [-0.4, -0.2) is 39.6 Å². The maximum atomic E-state index is 12.7. The Balaban J connectivity index is 1.57. The molecule has 0 saturated carbocycles. The van der Waals surface area contributed by atoms with Crippen LogP contribution in [0.1, 0.15) is 18.4 Å². The van der Waals surface area contributed by atoms with Crippen LogP contribution in [0.15, 0.2) is 53.4 Å². The van der Waals surface area contributed by atoms with Gasteiger partial charge in [-0.05, 0) is 42.7 Å². The van der Waals surface area contributed by atoms with Crippen molar-refractivity contribution < 1.29 is 13.2 Å². The number of benzene rings is 2. The lowest BCUT2D eigenvalue weighted by atomic mass is 10.1. The zero-order valence-corrected chi connectivity index (χ0v) is 16.3. The van der Waals surface area contributed by atoms with Gasteiger partial charge >= 0.3 is 0 Å². The smallest absolute Gasteiger partial charge is 0.244 e. The normalized spacial score (nSPS) is 16.5. The summed E-state index contributed by atoms with van der Waals surface area (Å²) in [4.78, 5) is 2.52. The third kappa shape index (κ3) is 4.76. The molecule has 0 radical (unpaired) electrons. The van der Waals surface area contributed by atoms with Gasteiger partial charge in [-0.15, -0.1) is 0 Å². The Labute approximate surface area is 160 Å². The Hall–Kier alpha value is -1.60. The molecule has 0 spiro atoms. The summed E-state index contributed by atoms with van der Waals surface area (Å²) in [6, 6.07) is 14.5. The molecule has 0 aromatic heterocycles. The van der Waals surface area contributed by atoms with Crippen LogP contribution < -0.4 is 9.46 Å². The number of ether oxygens (including phenoxy) is 1. The van der Waals surface area contributed by atoms with E-state index in [-0.39, 0.29) is 10.9 Å². The van der Waals surface area contributed by atoms with Gasteiger partial charge in [-0.25, -0.2) is 13.1 Å². The number of rotatable bonds is 6. The van der Waals surface area contributed by atoms with Crippen LogP contribution in [-0.2, 0) is 16.6 Å². The molecule has 1 saturated heterocycles. The highest BCUT2D eigenvalue weighted by Crippen LogP contribution is 2.24. The number of methoxy groups -OCH3 is 1. The number of nitrogens with one attached hydrogen (secondary N) is 1. The first-order valence-electron chi connectivity index (χ1n) is 8.60. The second-order valence-electron chi connectivity index (χ2n) is 6.45. The van der Waals surface area contributed by atoms with Crippen molar-refractivity contribution in [2.24, 2.45) is 0 Å². The molecule has 0 aliphatic carbocycles. The van der Waals surface area contributed by atoms with Crippen molar-refractivity contribution >= 4 is 21.6 Å². The summed E-state index contributed by atoms with van der Waals surface area (Å²) in [5, 5.41) is 0.734. The van der Waals surface area contributed by atoms with E-state index in [1.807, 2.05) is 24.3 Å². The average molecular weight is 395 g/mol. The van der Waals surface area contributed by atoms with Crippen LogP contribution in [0.25, 0.3) is 0 Å². The lowest BCUT2D eigenvalue weighted by molar-refractivity contribution is 0.200. The first-order chi connectivity index (χ1) is 12.5. The molecule has 26 heavy (non-hydrogen) atoms. The van der Waals surface area contributed by atoms with Gasteiger partial charge in [-0.3, -0.25) is 4.90 Å². The second-order valence-corrected chi connectivity index (χ2v) is 8.57. The summed E-state index contributed by atoms with van der Waals surface area (Å²) in [6.07, 6.45) is 1.56. The van der Waals surface area contributed by atoms with Gasteiger partial charge in [0.05, 0.1) is 7.11 Å². The monoisotopic (exact) mass is 394 g/mol. The number of sulfonamides is 1. The zero-order chi connectivity index (χ0) is 18.6. The molecule has 2 aromatic carbocycles. The predicted molar refractivity (Wildman–Crippen MR) is 103 cm³/mol. The molecule has 5 nitrogen and oxygen atoms in total. The van der Waals surface area contributed by atoms with Crippen LogP contribution in [0.2, 0.25) is 5.02 Å². The lowest BCUT2D eigenvalue weighted by Crippen LogP contribution is -2.44. The number of hydrogen-bond acceptors (Lipinski definition) is 4. The summed E-state index contributed by atoms with van der Waals surface area (Å²) < 4.78 is 33.3. The number of halogens is 1. The molecule has 0 atom stereocenters. The van der Waals surface area contributed by atoms with E-state index in [0.717, 1.165) is 37.5 Å². The predicted octanol–water partition coefficient (Wildman–Crippen LogP) is 3.29. The molecular weight excluding hydrogens is 372 g/mol. The quantitative estimate of drug-likeness (QED) is 0.816. The van der Waals surface area contributed by atoms with E-state index in [1.165, 1.54) is 12.7 Å². The lowest BCUT2D eigenvalue weighted by Gasteiger charge is -2.32. The minimum Gasteiger partial charge on any atom is -0.495 e. The molecule has 0 unspecified atom stereocenters. The minimum atomic E-state index is -3.59. The average Bonchev–Trinajstić information content (AvgIpc) is 2.65. The molecule has 1 heterocycles. The first kappa shape index (κ1) is 19.2. The highest BCUT2D eigenvalue weighted by Gasteiger charge is 2.26. The molecule has 0 amide bonds. The van der Waals surface area contributed by atoms with Crippen molar-refractivity contribution in [3.05, 3.63) is 59.1 Å². The Bertz CT molecular complexity index is 832. The molecular formula is C19H23ClN2O3S. The van der Waals surface area contributed by atoms with Crippen molar-refractivity contribution in [1.29, 1.82) is 0 Å². The highest BCUT2D eigenvalue weighted by atomic mass is 35.5. The van der Waals surface area contributed by atoms with E-state index in [0.29, 0.717) is 5.75 Å². The van der Waals surface area contributed by atoms with Crippen LogP contribution >= 0.6 is 11.6 Å². The fourth-order valence-electron chi connectivity index (χ4n) is 3.18. The molecule has 7 heteroatoms. The maximum absolute atomic E-state index is 12.7. The van der Waals surface area contributed by atoms with Crippen LogP contribution in [0.3, 0.4) is 0 Å². The first-order valence-corrected chi connectivity index (χ1v) is 10.5. The number of nitrogens with zero attached hydrogens (tertiary/aromatic N) is 1. The van der Waals surface area contributed by atoms with Crippen LogP contribution in [0.5, 0.6) is 5.75 Å². The van der Waals surface area contributed by atoms with E-state index >= 15 is 0 Å². The topological polar surface area (TPSA) is 58.6 Å². The summed E-state index contributed by atoms with van der Waals surface area (Å²) in [5.41, 5.74) is 1.21. The van der Waals surface area contributed by atoms with Crippen molar-refractivity contribution in [3.8, 4) is 5.75 Å². The summed E-state index contributed by atoms with van der Waals surface area (Å²) in [6.45, 7) is 2.55. The fourth-order valence-corrected chi connectivity index (χ4v) is 4.78. The number of piperidine rings is 1. The maximum Gasteiger partial charge on any atom is 0.244 e. The van der Waals surface area contributed by atoms with Crippen LogP contribution in [0, 0.1) is 0 Å². The molecule has 0 bridgehead atoms. The standard InChI is InChI=1S/C19H23ClN2O3S/c1-25-18-4-2-3-5-19(18)26(23,24)21-17-10-12-22(13-11-17)14-15-6-8-16(20)9-7-15/h2-9,17,21H,10-14H2,1H3. The Morgan fingerprint density at radius 1 is 1.12 bits per heavy atom. The number of hydrogen-bond donors (Lipinski definition) is 1. The molecule has 2 aromatic rings. The van der Waals surface area contributed by atoms with E-state index in [9.17, 15) is 8.42 Å². The Morgan fingerprint density at radius 2 is 1.77 bits per heavy atom. The SMILES string of the molecule is COc1ccccc1S(=O)(=O)NC1CCN(Cc2ccc(Cl)cc2)CC1. The van der Waals surface area contributed by atoms with Gasteiger partial charge in [0.25, 0.3) is 0 Å². The van der Waals surface area contributed by atoms with E-state index in [2.05, 4.69) is 9.62 Å². The zero-order valence-electron chi connectivity index (χ0n) is 14.7. The van der Waals surface area contributed by atoms with Gasteiger partial charge in [-0.1, -0.05) is 35.9 Å². The van der Waals surface area contributed by atoms with Crippen LogP contribution in [0.4, 0.5) is 0 Å². The summed E-state index contributed by atoms with van der Waals surface area (Å²) in [5.74, 6) is 0.361. The van der Waals surface area contributed by atoms with E-state index in [4.69, 9.17) is 16.3 Å². The van der Waals surface area contributed by atoms with Crippen molar-refractivity contribution in [2.75, 3.05) is 20.2 Å². The van der Waals surface area contributed by atoms with Crippen molar-refractivity contribution in [1.82, 2.24) is 9.62 Å². The van der Waals surface area contributed by atoms with Gasteiger partial charge < -0.3 is 4.74 Å². The summed E-state index contributed by atoms with van der Waals surface area (Å²) >= 11 is 5.92. The third-order valence-electron chi connectivity index (χ3n) is 4.59. The van der Waals surface area contributed by atoms with Gasteiger partial charge in [0.1, 0.15) is 10.6 Å². The van der Waals surface area contributed by atoms with E-state index < -0.39 is 10.0 Å². The molecule has 140 valence electrons. The molecule has 1 fully saturated rings. The van der Waals surface area contributed by atoms with Gasteiger partial charge in [0, 0.05) is 30.7 Å².